The average Bonchev–Trinajstić information content (AvgIpc) is 0.780. The van der Waals surface area contributed by atoms with Gasteiger partial charge in [0.2, 0.25) is 17.7 Å². The summed E-state index contributed by atoms with van der Waals surface area (Å²) < 4.78 is 56.0. The highest BCUT2D eigenvalue weighted by molar-refractivity contribution is 6.14. The Morgan fingerprint density at radius 2 is 0.517 bits per heavy atom. The number of nitrogens with one attached hydrogen (secondary N) is 3. The smallest absolute Gasteiger partial charge is 0.269 e. The van der Waals surface area contributed by atoms with Crippen LogP contribution < -0.4 is 53.8 Å². The van der Waals surface area contributed by atoms with Crippen LogP contribution in [-0.2, 0) is 65.8 Å². The van der Waals surface area contributed by atoms with E-state index in [1.54, 1.807) is 0 Å². The number of ether oxygens (including phenoxy) is 8. The fraction of sp³-hybridized carbons (Fsp3) is 0.447. The fourth-order valence-corrected chi connectivity index (χ4v) is 16.0. The van der Waals surface area contributed by atoms with Gasteiger partial charge in [0.05, 0.1) is 63.7 Å². The molecule has 3 N–H and O–H groups in total. The molecule has 0 saturated heterocycles. The summed E-state index contributed by atoms with van der Waals surface area (Å²) in [5, 5.41) is 22.3. The van der Waals surface area contributed by atoms with Crippen LogP contribution in [0.15, 0.2) is 158 Å². The summed E-state index contributed by atoms with van der Waals surface area (Å²) in [5.74, 6) is 0.364. The van der Waals surface area contributed by atoms with E-state index in [0.29, 0.717) is 127 Å². The molecule has 0 saturated carbocycles. The molecule has 0 aliphatic heterocycles. The normalized spacial score (nSPS) is 12.7. The Labute approximate surface area is 712 Å². The average molecular weight is 1630 g/mol. The number of carbonyl (C=O) groups is 3. The fourth-order valence-electron chi connectivity index (χ4n) is 16.0. The Bertz CT molecular complexity index is 4440. The van der Waals surface area contributed by atoms with E-state index >= 15 is 14.4 Å². The highest BCUT2D eigenvalue weighted by atomic mass is 16.6. The molecule has 1 atom stereocenters. The van der Waals surface area contributed by atoms with E-state index in [1.807, 2.05) is 45.0 Å². The zero-order chi connectivity index (χ0) is 84.9. The minimum atomic E-state index is -1.86. The molecule has 3 amide bonds. The molecular weight excluding hydrogens is 1500 g/mol. The number of anilines is 2. The van der Waals surface area contributed by atoms with Crippen molar-refractivity contribution in [3.63, 3.8) is 0 Å². The van der Waals surface area contributed by atoms with Gasteiger partial charge in [-0.15, -0.1) is 0 Å². The van der Waals surface area contributed by atoms with Crippen molar-refractivity contribution < 1.29 is 57.2 Å². The van der Waals surface area contributed by atoms with Crippen LogP contribution in [0.5, 0.6) is 46.0 Å². The number of nitro benzene ring substituents is 1. The van der Waals surface area contributed by atoms with Gasteiger partial charge in [0.1, 0.15) is 51.9 Å². The number of rotatable bonds is 40. The number of nitro groups is 1. The molecule has 2 aliphatic rings. The number of unbranched alkanes of at least 4 members (excludes halogenated alkanes) is 8. The quantitative estimate of drug-likeness (QED) is 0.0142. The SMILES string of the molecule is CCCCOc1c2cccc1Cc1cccc(c1OCCCC)Cc1cc(NC(=O)C(C(=O)Nc3cc4c(OCCCC)c(c3)Cc3cccc(c3OCCCC)Cc3cccc(c3OCCCC)Cc3cccc(c3OCCCC)C4)C(C(=O)NC(C)(C)C)c3ccc([N+](=O)[O-])cc3)cc(c1OCCCC)Cc1cccc(c1OCCCC)C2. The third-order valence-corrected chi connectivity index (χ3v) is 22.2. The highest BCUT2D eigenvalue weighted by Crippen LogP contribution is 2.45. The van der Waals surface area contributed by atoms with Crippen molar-refractivity contribution in [2.75, 3.05) is 63.5 Å². The summed E-state index contributed by atoms with van der Waals surface area (Å²) in [4.78, 5) is 61.5. The molecule has 120 heavy (non-hydrogen) atoms. The van der Waals surface area contributed by atoms with Crippen molar-refractivity contribution in [2.45, 2.75) is 242 Å². The standard InChI is InChI=1S/C103H128N4O13/c1-12-20-50-113-92-71-34-28-35-72(92)59-76-39-31-43-80(95(76)116-53-23-15-4)63-84-67-87(66-83(98(84)119-56-26-18-7)62-79-42-30-38-75(58-71)94(79)115-52-22-14-3)104-100(108)91(90(102(110)106-103(9,10)11)70-46-48-89(49-47-70)107(111)112)101(109)105-88-68-85-64-81-44-32-40-77(96(81)117-54-24-16-5)60-73-36-29-37-74(93(73)114-51-21-13-2)61-78-41-33-45-82(97(78)118-55-25-17-6)65-86(69-88)99(85)120-57-27-19-8/h28-49,66-69,90-91H,12-27,50-65H2,1-11H3,(H,104,108)(H,105,109)(H,106,110). The number of para-hydroxylation sites is 6. The maximum atomic E-state index is 16.8. The first-order chi connectivity index (χ1) is 58.4. The number of fused-ring (bicyclic) bond motifs is 16. The largest absolute Gasteiger partial charge is 0.493 e. The van der Waals surface area contributed by atoms with Crippen molar-refractivity contribution >= 4 is 34.8 Å². The Morgan fingerprint density at radius 1 is 0.317 bits per heavy atom. The highest BCUT2D eigenvalue weighted by Gasteiger charge is 2.43. The number of hydrogen-bond acceptors (Lipinski definition) is 13. The van der Waals surface area contributed by atoms with E-state index in [-0.39, 0.29) is 11.3 Å². The third kappa shape index (κ3) is 24.0. The Balaban J connectivity index is 1.12. The maximum absolute atomic E-state index is 16.8. The zero-order valence-corrected chi connectivity index (χ0v) is 73.0. The number of non-ortho nitro benzene ring substituents is 1. The topological polar surface area (TPSA) is 204 Å². The molecule has 2 aliphatic carbocycles. The van der Waals surface area contributed by atoms with Gasteiger partial charge in [-0.1, -0.05) is 228 Å². The summed E-state index contributed by atoms with van der Waals surface area (Å²) in [5.41, 5.74) is 14.5. The molecular formula is C103H128N4O13. The number of nitrogens with zero attached hydrogens (tertiary/aromatic N) is 1. The van der Waals surface area contributed by atoms with Gasteiger partial charge in [-0.25, -0.2) is 0 Å². The van der Waals surface area contributed by atoms with Crippen LogP contribution in [0.1, 0.15) is 279 Å². The van der Waals surface area contributed by atoms with Crippen LogP contribution in [0, 0.1) is 16.0 Å². The monoisotopic (exact) mass is 1630 g/mol. The van der Waals surface area contributed by atoms with Gasteiger partial charge >= 0.3 is 0 Å². The van der Waals surface area contributed by atoms with Crippen LogP contribution >= 0.6 is 0 Å². The molecule has 1 unspecified atom stereocenters. The van der Waals surface area contributed by atoms with Crippen LogP contribution in [0.2, 0.25) is 0 Å². The second-order valence-electron chi connectivity index (χ2n) is 33.2. The van der Waals surface area contributed by atoms with E-state index in [0.717, 1.165) is 226 Å². The van der Waals surface area contributed by atoms with Crippen molar-refractivity contribution in [3.05, 3.63) is 262 Å². The zero-order valence-electron chi connectivity index (χ0n) is 73.0. The van der Waals surface area contributed by atoms with Gasteiger partial charge in [-0.2, -0.15) is 0 Å². The predicted octanol–water partition coefficient (Wildman–Crippen LogP) is 23.3. The third-order valence-electron chi connectivity index (χ3n) is 22.2. The lowest BCUT2D eigenvalue weighted by Gasteiger charge is -2.30. The van der Waals surface area contributed by atoms with Gasteiger partial charge in [0.25, 0.3) is 5.69 Å². The second-order valence-corrected chi connectivity index (χ2v) is 33.2. The summed E-state index contributed by atoms with van der Waals surface area (Å²) in [7, 11) is 0. The molecule has 0 spiro atoms. The number of carbonyl (C=O) groups excluding carboxylic acids is 3. The van der Waals surface area contributed by atoms with Crippen molar-refractivity contribution in [2.24, 2.45) is 5.92 Å². The molecule has 17 nitrogen and oxygen atoms in total. The lowest BCUT2D eigenvalue weighted by molar-refractivity contribution is -0.384. The molecule has 0 fully saturated rings. The summed E-state index contributed by atoms with van der Waals surface area (Å²) >= 11 is 0. The Hall–Kier alpha value is -10.8. The maximum Gasteiger partial charge on any atom is 0.269 e. The lowest BCUT2D eigenvalue weighted by atomic mass is 9.82. The Kier molecular flexibility index (Phi) is 33.7. The molecule has 638 valence electrons. The molecule has 9 aromatic rings. The lowest BCUT2D eigenvalue weighted by Crippen LogP contribution is -2.49. The molecule has 9 aromatic carbocycles. The number of amides is 3. The minimum Gasteiger partial charge on any atom is -0.493 e. The molecule has 17 heteroatoms. The summed E-state index contributed by atoms with van der Waals surface area (Å²) in [6.45, 7) is 26.6. The first-order valence-electron chi connectivity index (χ1n) is 44.5. The predicted molar refractivity (Wildman–Crippen MR) is 482 cm³/mol. The van der Waals surface area contributed by atoms with E-state index in [1.165, 1.54) is 24.3 Å². The van der Waals surface area contributed by atoms with Crippen molar-refractivity contribution in [1.82, 2.24) is 5.32 Å². The molecule has 0 radical (unpaired) electrons. The van der Waals surface area contributed by atoms with Gasteiger partial charge in [-0.3, -0.25) is 24.5 Å². The van der Waals surface area contributed by atoms with Gasteiger partial charge in [-0.05, 0) is 169 Å². The van der Waals surface area contributed by atoms with Gasteiger partial charge in [0.15, 0.2) is 0 Å². The van der Waals surface area contributed by atoms with E-state index < -0.39 is 40.0 Å². The summed E-state index contributed by atoms with van der Waals surface area (Å²) in [6, 6.07) is 51.4. The second kappa shape index (κ2) is 45.0. The van der Waals surface area contributed by atoms with Crippen LogP contribution in [0.3, 0.4) is 0 Å². The van der Waals surface area contributed by atoms with Crippen molar-refractivity contribution in [1.29, 1.82) is 0 Å². The van der Waals surface area contributed by atoms with E-state index in [2.05, 4.69) is 181 Å². The minimum absolute atomic E-state index is 0.203. The van der Waals surface area contributed by atoms with E-state index in [9.17, 15) is 10.1 Å². The van der Waals surface area contributed by atoms with Crippen LogP contribution in [-0.4, -0.2) is 81.0 Å². The van der Waals surface area contributed by atoms with Crippen molar-refractivity contribution in [3.8, 4) is 46.0 Å². The van der Waals surface area contributed by atoms with Gasteiger partial charge in [0, 0.05) is 103 Å². The molecule has 11 rings (SSSR count). The van der Waals surface area contributed by atoms with E-state index in [4.69, 9.17) is 37.9 Å². The van der Waals surface area contributed by atoms with Gasteiger partial charge < -0.3 is 53.8 Å². The number of benzene rings is 9. The Morgan fingerprint density at radius 3 is 0.708 bits per heavy atom. The molecule has 0 heterocycles. The number of hydrogen-bond donors (Lipinski definition) is 3. The molecule has 0 aromatic heterocycles. The summed E-state index contributed by atoms with van der Waals surface area (Å²) in [6.07, 6.45) is 17.3. The van der Waals surface area contributed by atoms with Crippen LogP contribution in [0.25, 0.3) is 0 Å². The first-order valence-corrected chi connectivity index (χ1v) is 44.5. The first kappa shape index (κ1) is 90.0. The van der Waals surface area contributed by atoms with Crippen LogP contribution in [0.4, 0.5) is 17.1 Å². The molecule has 16 bridgehead atoms.